The van der Waals surface area contributed by atoms with Crippen LogP contribution in [-0.4, -0.2) is 42.1 Å². The van der Waals surface area contributed by atoms with E-state index in [4.69, 9.17) is 4.74 Å². The molecule has 0 bridgehead atoms. The monoisotopic (exact) mass is 352 g/mol. The van der Waals surface area contributed by atoms with Crippen molar-refractivity contribution >= 4 is 5.91 Å². The van der Waals surface area contributed by atoms with Crippen molar-refractivity contribution in [3.05, 3.63) is 65.5 Å². The van der Waals surface area contributed by atoms with Gasteiger partial charge in [0, 0.05) is 37.0 Å². The summed E-state index contributed by atoms with van der Waals surface area (Å²) in [6.45, 7) is 6.93. The first kappa shape index (κ1) is 18.6. The van der Waals surface area contributed by atoms with Gasteiger partial charge in [0.15, 0.2) is 0 Å². The summed E-state index contributed by atoms with van der Waals surface area (Å²) in [6, 6.07) is 14.3. The fraction of sp³-hybridized carbons (Fsp3) is 0.455. The van der Waals surface area contributed by atoms with Crippen molar-refractivity contribution in [2.24, 2.45) is 5.41 Å². The Labute approximate surface area is 156 Å². The Hall–Kier alpha value is -2.20. The summed E-state index contributed by atoms with van der Waals surface area (Å²) in [5, 5.41) is 0. The number of nitrogens with zero attached hydrogens (tertiary/aromatic N) is 2. The minimum atomic E-state index is 0.0413. The maximum Gasteiger partial charge on any atom is 0.255 e. The second-order valence-electron chi connectivity index (χ2n) is 7.29. The third kappa shape index (κ3) is 4.50. The van der Waals surface area contributed by atoms with Gasteiger partial charge in [-0.25, -0.2) is 0 Å². The lowest BCUT2D eigenvalue weighted by molar-refractivity contribution is 0.0465. The molecule has 1 fully saturated rings. The average molecular weight is 352 g/mol. The molecule has 0 radical (unpaired) electrons. The topological polar surface area (TPSA) is 42.4 Å². The Morgan fingerprint density at radius 2 is 2.04 bits per heavy atom. The number of carbonyl (C=O) groups is 1. The summed E-state index contributed by atoms with van der Waals surface area (Å²) in [5.74, 6) is 0.0792. The van der Waals surface area contributed by atoms with Crippen LogP contribution in [0, 0.1) is 12.3 Å². The molecule has 1 aliphatic rings. The van der Waals surface area contributed by atoms with E-state index in [9.17, 15) is 4.79 Å². The quantitative estimate of drug-likeness (QED) is 0.759. The van der Waals surface area contributed by atoms with Gasteiger partial charge in [-0.15, -0.1) is 0 Å². The number of hydrogen-bond acceptors (Lipinski definition) is 3. The number of likely N-dealkylation sites (tertiary alicyclic amines) is 1. The summed E-state index contributed by atoms with van der Waals surface area (Å²) in [5.41, 5.74) is 2.98. The molecule has 2 heterocycles. The molecule has 3 rings (SSSR count). The highest BCUT2D eigenvalue weighted by Gasteiger charge is 2.40. The molecule has 4 nitrogen and oxygen atoms in total. The Balaban J connectivity index is 1.68. The summed E-state index contributed by atoms with van der Waals surface area (Å²) in [4.78, 5) is 19.1. The molecule has 0 unspecified atom stereocenters. The van der Waals surface area contributed by atoms with Crippen molar-refractivity contribution < 1.29 is 9.53 Å². The molecule has 0 saturated carbocycles. The van der Waals surface area contributed by atoms with Crippen molar-refractivity contribution in [3.63, 3.8) is 0 Å². The number of aromatic nitrogens is 1. The van der Waals surface area contributed by atoms with Crippen LogP contribution in [0.4, 0.5) is 0 Å². The van der Waals surface area contributed by atoms with E-state index >= 15 is 0 Å². The Morgan fingerprint density at radius 3 is 2.73 bits per heavy atom. The number of amides is 1. The van der Waals surface area contributed by atoms with Gasteiger partial charge in [0.2, 0.25) is 0 Å². The Morgan fingerprint density at radius 1 is 1.23 bits per heavy atom. The van der Waals surface area contributed by atoms with Crippen LogP contribution in [0.1, 0.15) is 41.4 Å². The van der Waals surface area contributed by atoms with E-state index in [-0.39, 0.29) is 11.3 Å². The predicted octanol–water partition coefficient (Wildman–Crippen LogP) is 3.89. The number of ether oxygens (including phenoxy) is 1. The maximum atomic E-state index is 12.8. The van der Waals surface area contributed by atoms with Crippen molar-refractivity contribution in [2.45, 2.75) is 33.1 Å². The van der Waals surface area contributed by atoms with E-state index in [0.29, 0.717) is 18.8 Å². The van der Waals surface area contributed by atoms with Crippen LogP contribution in [0.25, 0.3) is 0 Å². The fourth-order valence-corrected chi connectivity index (χ4v) is 3.65. The van der Waals surface area contributed by atoms with Gasteiger partial charge in [-0.1, -0.05) is 30.3 Å². The van der Waals surface area contributed by atoms with Crippen LogP contribution in [0.15, 0.2) is 48.7 Å². The molecule has 1 aromatic carbocycles. The first-order chi connectivity index (χ1) is 12.6. The summed E-state index contributed by atoms with van der Waals surface area (Å²) in [6.07, 6.45) is 4.73. The zero-order valence-electron chi connectivity index (χ0n) is 15.8. The minimum Gasteiger partial charge on any atom is -0.381 e. The first-order valence-corrected chi connectivity index (χ1v) is 9.45. The second-order valence-corrected chi connectivity index (χ2v) is 7.29. The normalized spacial score (nSPS) is 19.7. The second kappa shape index (κ2) is 8.45. The largest absolute Gasteiger partial charge is 0.381 e. The standard InChI is InChI=1S/C22H28N2O2/c1-3-26-17-22(12-11-19-7-5-4-6-8-19)13-14-24(16-22)21(25)20-10-9-18(2)23-15-20/h4-10,15H,3,11-14,16-17H2,1-2H3/t22-/m1/s1. The van der Waals surface area contributed by atoms with Crippen LogP contribution in [0.2, 0.25) is 0 Å². The lowest BCUT2D eigenvalue weighted by atomic mass is 9.82. The molecule has 1 atom stereocenters. The van der Waals surface area contributed by atoms with E-state index in [1.54, 1.807) is 6.20 Å². The molecule has 1 saturated heterocycles. The van der Waals surface area contributed by atoms with Crippen molar-refractivity contribution in [3.8, 4) is 0 Å². The molecule has 0 aliphatic carbocycles. The Kier molecular flexibility index (Phi) is 6.04. The number of benzene rings is 1. The van der Waals surface area contributed by atoms with Crippen molar-refractivity contribution in [1.29, 1.82) is 0 Å². The molecule has 1 aromatic heterocycles. The summed E-state index contributed by atoms with van der Waals surface area (Å²) in [7, 11) is 0. The van der Waals surface area contributed by atoms with Crippen LogP contribution >= 0.6 is 0 Å². The van der Waals surface area contributed by atoms with Gasteiger partial charge in [0.05, 0.1) is 12.2 Å². The average Bonchev–Trinajstić information content (AvgIpc) is 3.10. The van der Waals surface area contributed by atoms with Gasteiger partial charge in [-0.3, -0.25) is 9.78 Å². The third-order valence-electron chi connectivity index (χ3n) is 5.28. The van der Waals surface area contributed by atoms with Crippen LogP contribution in [-0.2, 0) is 11.2 Å². The van der Waals surface area contributed by atoms with Gasteiger partial charge in [-0.05, 0) is 50.8 Å². The maximum absolute atomic E-state index is 12.8. The number of carbonyl (C=O) groups excluding carboxylic acids is 1. The van der Waals surface area contributed by atoms with Crippen LogP contribution < -0.4 is 0 Å². The fourth-order valence-electron chi connectivity index (χ4n) is 3.65. The van der Waals surface area contributed by atoms with Gasteiger partial charge in [0.25, 0.3) is 5.91 Å². The smallest absolute Gasteiger partial charge is 0.255 e. The van der Waals surface area contributed by atoms with E-state index < -0.39 is 0 Å². The summed E-state index contributed by atoms with van der Waals surface area (Å²) < 4.78 is 5.81. The van der Waals surface area contributed by atoms with E-state index in [1.165, 1.54) is 5.56 Å². The van der Waals surface area contributed by atoms with Gasteiger partial charge >= 0.3 is 0 Å². The van der Waals surface area contributed by atoms with Crippen LogP contribution in [0.3, 0.4) is 0 Å². The third-order valence-corrected chi connectivity index (χ3v) is 5.28. The van der Waals surface area contributed by atoms with Crippen LogP contribution in [0.5, 0.6) is 0 Å². The van der Waals surface area contributed by atoms with Gasteiger partial charge in [0.1, 0.15) is 0 Å². The zero-order chi connectivity index (χ0) is 18.4. The lowest BCUT2D eigenvalue weighted by Crippen LogP contribution is -2.35. The molecule has 138 valence electrons. The van der Waals surface area contributed by atoms with E-state index in [1.807, 2.05) is 36.9 Å². The number of aryl methyl sites for hydroxylation is 2. The molecule has 4 heteroatoms. The lowest BCUT2D eigenvalue weighted by Gasteiger charge is -2.29. The highest BCUT2D eigenvalue weighted by Crippen LogP contribution is 2.36. The molecule has 2 aromatic rings. The molecular formula is C22H28N2O2. The number of hydrogen-bond donors (Lipinski definition) is 0. The number of pyridine rings is 1. The SMILES string of the molecule is CCOC[C@]1(CCc2ccccc2)CCN(C(=O)c2ccc(C)nc2)C1. The highest BCUT2D eigenvalue weighted by molar-refractivity contribution is 5.94. The van der Waals surface area contributed by atoms with Gasteiger partial charge < -0.3 is 9.64 Å². The van der Waals surface area contributed by atoms with Crippen molar-refractivity contribution in [1.82, 2.24) is 9.88 Å². The Bertz CT molecular complexity index is 715. The predicted molar refractivity (Wildman–Crippen MR) is 103 cm³/mol. The van der Waals surface area contributed by atoms with Crippen molar-refractivity contribution in [2.75, 3.05) is 26.3 Å². The zero-order valence-corrected chi connectivity index (χ0v) is 15.8. The molecule has 1 aliphatic heterocycles. The molecule has 0 N–H and O–H groups in total. The molecular weight excluding hydrogens is 324 g/mol. The first-order valence-electron chi connectivity index (χ1n) is 9.45. The number of rotatable bonds is 7. The van der Waals surface area contributed by atoms with E-state index in [0.717, 1.165) is 38.0 Å². The van der Waals surface area contributed by atoms with E-state index in [2.05, 4.69) is 29.2 Å². The highest BCUT2D eigenvalue weighted by atomic mass is 16.5. The summed E-state index contributed by atoms with van der Waals surface area (Å²) >= 11 is 0. The molecule has 0 spiro atoms. The minimum absolute atomic E-state index is 0.0413. The molecule has 1 amide bonds. The van der Waals surface area contributed by atoms with Gasteiger partial charge in [-0.2, -0.15) is 0 Å². The molecule has 26 heavy (non-hydrogen) atoms.